The summed E-state index contributed by atoms with van der Waals surface area (Å²) >= 11 is -7.68. The van der Waals surface area contributed by atoms with Gasteiger partial charge in [0.15, 0.2) is 52.4 Å². The lowest BCUT2D eigenvalue weighted by Gasteiger charge is -2.41. The first-order valence-corrected chi connectivity index (χ1v) is 14.6. The van der Waals surface area contributed by atoms with Gasteiger partial charge in [-0.1, -0.05) is 39.0 Å². The highest BCUT2D eigenvalue weighted by Crippen LogP contribution is 2.29. The molecule has 0 saturated heterocycles. The predicted molar refractivity (Wildman–Crippen MR) is 123 cm³/mol. The molecule has 3 aromatic rings. The highest BCUT2D eigenvalue weighted by atomic mass is 27.3. The molecule has 43 heavy (non-hydrogen) atoms. The fourth-order valence-corrected chi connectivity index (χ4v) is 9.55. The molecule has 17 heteroatoms. The highest BCUT2D eigenvalue weighted by molar-refractivity contribution is 7.07. The molecule has 3 aromatic carbocycles. The second kappa shape index (κ2) is 13.4. The van der Waals surface area contributed by atoms with Gasteiger partial charge >= 0.3 is 13.4 Å². The van der Waals surface area contributed by atoms with Gasteiger partial charge in [-0.3, -0.25) is 0 Å². The van der Waals surface area contributed by atoms with E-state index in [1.807, 2.05) is 6.92 Å². The second-order valence-electron chi connectivity index (χ2n) is 9.38. The Morgan fingerprint density at radius 2 is 0.581 bits per heavy atom. The Bertz CT molecular complexity index is 1300. The van der Waals surface area contributed by atoms with Crippen LogP contribution in [0.25, 0.3) is 0 Å². The summed E-state index contributed by atoms with van der Waals surface area (Å²) in [5.41, 5.74) is 0. The van der Waals surface area contributed by atoms with Gasteiger partial charge in [-0.05, 0) is 13.0 Å². The number of unbranched alkanes of at least 4 members (excludes halogenated alkanes) is 5. The SMILES string of the molecule is CCCCCCCC[O][Al-]([c]1c(F)c(F)c(F)c(F)c1F)([c]1c(F)c(F)c(F)c(F)c1F)[c]1c(F)c(F)c(F)c(F)c1F. The largest absolute Gasteiger partial charge is 0.648 e. The Morgan fingerprint density at radius 3 is 0.860 bits per heavy atom. The van der Waals surface area contributed by atoms with Crippen molar-refractivity contribution >= 4 is 26.7 Å². The summed E-state index contributed by atoms with van der Waals surface area (Å²) in [6.07, 6.45) is 1.97. The van der Waals surface area contributed by atoms with Crippen LogP contribution in [0.5, 0.6) is 0 Å². The molecule has 0 aliphatic carbocycles. The normalized spacial score (nSPS) is 12.0. The average Bonchev–Trinajstić information content (AvgIpc) is 2.98. The van der Waals surface area contributed by atoms with Gasteiger partial charge in [-0.25, -0.2) is 65.9 Å². The molecular weight excluding hydrogens is 640 g/mol. The number of benzene rings is 3. The smallest absolute Gasteiger partial charge is 0.421 e. The minimum Gasteiger partial charge on any atom is -0.648 e. The van der Waals surface area contributed by atoms with E-state index in [1.165, 1.54) is 0 Å². The van der Waals surface area contributed by atoms with E-state index in [1.54, 1.807) is 0 Å². The maximum Gasteiger partial charge on any atom is 0.421 e. The first-order valence-electron chi connectivity index (χ1n) is 12.4. The van der Waals surface area contributed by atoms with Crippen LogP contribution < -0.4 is 13.3 Å². The van der Waals surface area contributed by atoms with Gasteiger partial charge in [0, 0.05) is 0 Å². The van der Waals surface area contributed by atoms with Crippen molar-refractivity contribution in [3.63, 3.8) is 0 Å². The van der Waals surface area contributed by atoms with Gasteiger partial charge in [0.2, 0.25) is 0 Å². The van der Waals surface area contributed by atoms with Gasteiger partial charge in [0.05, 0.1) is 0 Å². The van der Waals surface area contributed by atoms with Crippen LogP contribution in [0.15, 0.2) is 0 Å². The van der Waals surface area contributed by atoms with Crippen molar-refractivity contribution in [1.82, 2.24) is 0 Å². The molecule has 0 N–H and O–H groups in total. The summed E-state index contributed by atoms with van der Waals surface area (Å²) in [5, 5.41) is 0. The molecule has 0 aliphatic rings. The van der Waals surface area contributed by atoms with E-state index in [0.717, 1.165) is 6.42 Å². The molecule has 0 aliphatic heterocycles. The van der Waals surface area contributed by atoms with E-state index >= 15 is 26.3 Å². The number of halogens is 15. The molecule has 0 amide bonds. The zero-order chi connectivity index (χ0) is 32.5. The molecular formula is C26H17AlF15O-. The van der Waals surface area contributed by atoms with E-state index in [2.05, 4.69) is 0 Å². The molecule has 0 fully saturated rings. The third-order valence-electron chi connectivity index (χ3n) is 6.82. The van der Waals surface area contributed by atoms with Crippen LogP contribution >= 0.6 is 0 Å². The first kappa shape index (κ1) is 34.6. The van der Waals surface area contributed by atoms with Crippen molar-refractivity contribution in [2.45, 2.75) is 45.4 Å². The quantitative estimate of drug-likeness (QED) is 0.0703. The predicted octanol–water partition coefficient (Wildman–Crippen LogP) is 7.12. The minimum absolute atomic E-state index is 0.0558. The van der Waals surface area contributed by atoms with E-state index in [0.29, 0.717) is 19.3 Å². The van der Waals surface area contributed by atoms with Crippen LogP contribution in [0.3, 0.4) is 0 Å². The van der Waals surface area contributed by atoms with Crippen LogP contribution in [-0.4, -0.2) is 20.0 Å². The van der Waals surface area contributed by atoms with Crippen LogP contribution in [0.2, 0.25) is 0 Å². The second-order valence-corrected chi connectivity index (χ2v) is 13.0. The summed E-state index contributed by atoms with van der Waals surface area (Å²) in [4.78, 5) is 0. The topological polar surface area (TPSA) is 9.23 Å². The van der Waals surface area contributed by atoms with Crippen molar-refractivity contribution in [2.24, 2.45) is 0 Å². The Labute approximate surface area is 235 Å². The Hall–Kier alpha value is -2.90. The number of hydrogen-bond donors (Lipinski definition) is 0. The van der Waals surface area contributed by atoms with Crippen molar-refractivity contribution in [2.75, 3.05) is 6.61 Å². The zero-order valence-electron chi connectivity index (χ0n) is 21.6. The standard InChI is InChI=1S/C8H17O.3C6F5.Al/c1-2-3-4-5-6-7-8-9;3*7-2-1-3(8)5(10)6(11)4(2)9;/h2-8H2,1H3;;;;/q-1;;;;. The summed E-state index contributed by atoms with van der Waals surface area (Å²) in [7, 11) is 0. The first-order chi connectivity index (χ1) is 20.1. The molecule has 236 valence electrons. The lowest BCUT2D eigenvalue weighted by molar-refractivity contribution is 0.299. The Kier molecular flexibility index (Phi) is 10.8. The van der Waals surface area contributed by atoms with Crippen molar-refractivity contribution in [1.29, 1.82) is 0 Å². The summed E-state index contributed by atoms with van der Waals surface area (Å²) in [6.45, 7) is 0.623. The van der Waals surface area contributed by atoms with Gasteiger partial charge in [0.1, 0.15) is 34.9 Å². The molecule has 0 atom stereocenters. The highest BCUT2D eigenvalue weighted by Gasteiger charge is 2.53. The Morgan fingerprint density at radius 1 is 0.349 bits per heavy atom. The van der Waals surface area contributed by atoms with E-state index in [9.17, 15) is 39.5 Å². The minimum atomic E-state index is -7.68. The molecule has 3 rings (SSSR count). The third-order valence-corrected chi connectivity index (χ3v) is 11.5. The third kappa shape index (κ3) is 5.71. The molecule has 0 spiro atoms. The van der Waals surface area contributed by atoms with Gasteiger partial charge in [0.25, 0.3) is 0 Å². The van der Waals surface area contributed by atoms with Crippen LogP contribution in [-0.2, 0) is 3.79 Å². The molecule has 0 unspecified atom stereocenters. The number of rotatable bonds is 11. The molecule has 0 saturated carbocycles. The fourth-order valence-electron chi connectivity index (χ4n) is 4.76. The molecule has 0 heterocycles. The van der Waals surface area contributed by atoms with E-state index in [-0.39, 0.29) is 6.42 Å². The van der Waals surface area contributed by atoms with Crippen LogP contribution in [0.4, 0.5) is 65.9 Å². The van der Waals surface area contributed by atoms with Gasteiger partial charge in [-0.2, -0.15) is 0 Å². The van der Waals surface area contributed by atoms with Crippen molar-refractivity contribution in [3.05, 3.63) is 87.3 Å². The van der Waals surface area contributed by atoms with E-state index < -0.39 is 127 Å². The van der Waals surface area contributed by atoms with Crippen molar-refractivity contribution in [3.8, 4) is 0 Å². The van der Waals surface area contributed by atoms with Crippen LogP contribution in [0, 0.1) is 87.3 Å². The molecule has 0 radical (unpaired) electrons. The lowest BCUT2D eigenvalue weighted by Crippen LogP contribution is -2.75. The monoisotopic (exact) mass is 657 g/mol. The summed E-state index contributed by atoms with van der Waals surface area (Å²) < 4.78 is 217. The van der Waals surface area contributed by atoms with Gasteiger partial charge in [-0.15, -0.1) is 13.3 Å². The van der Waals surface area contributed by atoms with E-state index in [4.69, 9.17) is 3.79 Å². The zero-order valence-corrected chi connectivity index (χ0v) is 22.8. The maximum absolute atomic E-state index is 15.3. The molecule has 0 bridgehead atoms. The summed E-state index contributed by atoms with van der Waals surface area (Å²) in [6, 6.07) is 0. The fraction of sp³-hybridized carbons (Fsp3) is 0.308. The molecule has 1 nitrogen and oxygen atoms in total. The Balaban J connectivity index is 2.62. The van der Waals surface area contributed by atoms with Crippen LogP contribution in [0.1, 0.15) is 45.4 Å². The van der Waals surface area contributed by atoms with Crippen molar-refractivity contribution < 1.29 is 69.6 Å². The number of hydrogen-bond acceptors (Lipinski definition) is 1. The summed E-state index contributed by atoms with van der Waals surface area (Å²) in [5.74, 6) is -45.4. The maximum atomic E-state index is 15.3. The average molecular weight is 657 g/mol. The molecule has 0 aromatic heterocycles. The van der Waals surface area contributed by atoms with Gasteiger partial charge < -0.3 is 3.79 Å². The lowest BCUT2D eigenvalue weighted by atomic mass is 10.1.